The van der Waals surface area contributed by atoms with Crippen LogP contribution in [0.2, 0.25) is 0 Å². The van der Waals surface area contributed by atoms with Gasteiger partial charge in [-0.2, -0.15) is 11.8 Å². The Morgan fingerprint density at radius 1 is 0.929 bits per heavy atom. The number of hydrogen-bond donors (Lipinski definition) is 2. The first-order valence-corrected chi connectivity index (χ1v) is 10.9. The molecule has 0 aromatic carbocycles. The molecule has 0 rings (SSSR count). The second kappa shape index (κ2) is 16.2. The second-order valence-electron chi connectivity index (χ2n) is 7.16. The van der Waals surface area contributed by atoms with Gasteiger partial charge in [-0.15, -0.1) is 0 Å². The lowest BCUT2D eigenvalue weighted by Crippen LogP contribution is -2.42. The monoisotopic (exact) mass is 409 g/mol. The summed E-state index contributed by atoms with van der Waals surface area (Å²) in [4.78, 5) is 33.1. The van der Waals surface area contributed by atoms with Crippen LogP contribution in [-0.2, 0) is 14.4 Å². The van der Waals surface area contributed by atoms with Gasteiger partial charge >= 0.3 is 5.97 Å². The van der Waals surface area contributed by atoms with E-state index in [9.17, 15) is 19.5 Å². The van der Waals surface area contributed by atoms with Crippen LogP contribution in [0.1, 0.15) is 66.2 Å². The van der Waals surface area contributed by atoms with E-state index < -0.39 is 17.9 Å². The summed E-state index contributed by atoms with van der Waals surface area (Å²) < 4.78 is 0. The number of hydrogen-bond acceptors (Lipinski definition) is 4. The Balaban J connectivity index is 4.17. The average molecular weight is 410 g/mol. The number of carboxylic acids is 1. The highest BCUT2D eigenvalue weighted by atomic mass is 32.2. The van der Waals surface area contributed by atoms with Crippen LogP contribution < -0.4 is 5.32 Å². The van der Waals surface area contributed by atoms with Crippen molar-refractivity contribution in [2.45, 2.75) is 72.3 Å². The van der Waals surface area contributed by atoms with Gasteiger partial charge in [0.25, 0.3) is 0 Å². The fraction of sp³-hybridized carbons (Fsp3) is 0.591. The molecule has 0 saturated heterocycles. The van der Waals surface area contributed by atoms with E-state index in [1.165, 1.54) is 28.5 Å². The molecule has 2 N–H and O–H groups in total. The highest BCUT2D eigenvalue weighted by Gasteiger charge is 2.19. The van der Waals surface area contributed by atoms with Gasteiger partial charge in [0, 0.05) is 24.3 Å². The molecule has 0 aliphatic rings. The number of aldehydes is 1. The summed E-state index contributed by atoms with van der Waals surface area (Å²) in [5, 5.41) is 11.7. The Bertz CT molecular complexity index is 589. The van der Waals surface area contributed by atoms with Crippen LogP contribution in [0.5, 0.6) is 0 Å². The van der Waals surface area contributed by atoms with Gasteiger partial charge in [-0.25, -0.2) is 4.79 Å². The molecule has 0 heterocycles. The fourth-order valence-corrected chi connectivity index (χ4v) is 3.36. The zero-order valence-corrected chi connectivity index (χ0v) is 18.4. The Hall–Kier alpha value is -1.82. The smallest absolute Gasteiger partial charge is 0.327 e. The molecule has 1 amide bonds. The summed E-state index contributed by atoms with van der Waals surface area (Å²) in [6.45, 7) is 8.49. The molecule has 1 unspecified atom stereocenters. The predicted octanol–water partition coefficient (Wildman–Crippen LogP) is 4.69. The molecule has 6 heteroatoms. The Morgan fingerprint density at radius 2 is 1.54 bits per heavy atom. The first-order chi connectivity index (χ1) is 13.3. The van der Waals surface area contributed by atoms with Crippen molar-refractivity contribution in [1.29, 1.82) is 0 Å². The van der Waals surface area contributed by atoms with Crippen molar-refractivity contribution in [1.82, 2.24) is 5.32 Å². The summed E-state index contributed by atoms with van der Waals surface area (Å²) in [5.74, 6) is -0.446. The van der Waals surface area contributed by atoms with Crippen molar-refractivity contribution in [2.24, 2.45) is 0 Å². The zero-order chi connectivity index (χ0) is 21.4. The molecule has 0 radical (unpaired) electrons. The van der Waals surface area contributed by atoms with E-state index in [4.69, 9.17) is 0 Å². The molecule has 0 fully saturated rings. The van der Waals surface area contributed by atoms with E-state index in [2.05, 4.69) is 51.2 Å². The second-order valence-corrected chi connectivity index (χ2v) is 8.24. The third kappa shape index (κ3) is 15.3. The number of thioether (sulfide) groups is 1. The van der Waals surface area contributed by atoms with Crippen LogP contribution in [0.4, 0.5) is 0 Å². The summed E-state index contributed by atoms with van der Waals surface area (Å²) in [6, 6.07) is -0.927. The summed E-state index contributed by atoms with van der Waals surface area (Å²) in [5.41, 5.74) is 4.05. The van der Waals surface area contributed by atoms with Gasteiger partial charge in [0.2, 0.25) is 5.91 Å². The molecule has 28 heavy (non-hydrogen) atoms. The Kier molecular flexibility index (Phi) is 15.1. The minimum atomic E-state index is -1.05. The van der Waals surface area contributed by atoms with E-state index in [0.29, 0.717) is 17.8 Å². The maximum Gasteiger partial charge on any atom is 0.327 e. The van der Waals surface area contributed by atoms with Crippen molar-refractivity contribution in [3.8, 4) is 0 Å². The molecule has 0 saturated carbocycles. The minimum Gasteiger partial charge on any atom is -0.480 e. The summed E-state index contributed by atoms with van der Waals surface area (Å²) in [6.07, 6.45) is 11.6. The maximum atomic E-state index is 11.6. The van der Waals surface area contributed by atoms with Crippen molar-refractivity contribution in [2.75, 3.05) is 11.5 Å². The first-order valence-electron chi connectivity index (χ1n) is 9.74. The van der Waals surface area contributed by atoms with Crippen molar-refractivity contribution in [3.63, 3.8) is 0 Å². The SMILES string of the molecule is CC(C)=CCC/C(C)=C/CC/C(C)=C/CSCC(NC(=O)CCC=O)C(=O)O. The van der Waals surface area contributed by atoms with Gasteiger partial charge in [-0.3, -0.25) is 4.79 Å². The van der Waals surface area contributed by atoms with Crippen LogP contribution in [0, 0.1) is 0 Å². The molecule has 0 aromatic rings. The van der Waals surface area contributed by atoms with Crippen LogP contribution >= 0.6 is 11.8 Å². The molecular formula is C22H35NO4S. The number of nitrogens with one attached hydrogen (secondary N) is 1. The number of allylic oxidation sites excluding steroid dienone is 5. The highest BCUT2D eigenvalue weighted by molar-refractivity contribution is 7.99. The number of aliphatic carboxylic acids is 1. The van der Waals surface area contributed by atoms with Crippen molar-refractivity contribution < 1.29 is 19.5 Å². The summed E-state index contributed by atoms with van der Waals surface area (Å²) in [7, 11) is 0. The number of rotatable bonds is 15. The first kappa shape index (κ1) is 26.2. The topological polar surface area (TPSA) is 83.5 Å². The van der Waals surface area contributed by atoms with Crippen LogP contribution in [0.15, 0.2) is 34.9 Å². The van der Waals surface area contributed by atoms with E-state index >= 15 is 0 Å². The standard InChI is InChI=1S/C22H35NO4S/c1-17(2)8-5-9-18(3)10-6-11-19(4)13-15-28-16-20(22(26)27)23-21(25)12-7-14-24/h8,10,13-14,20H,5-7,9,11-12,15-16H2,1-4H3,(H,23,25)(H,26,27)/b18-10+,19-13+. The van der Waals surface area contributed by atoms with E-state index in [1.54, 1.807) is 0 Å². The molecule has 0 aliphatic heterocycles. The molecule has 5 nitrogen and oxygen atoms in total. The number of carbonyl (C=O) groups excluding carboxylic acids is 2. The van der Waals surface area contributed by atoms with Gasteiger partial charge in [-0.1, -0.05) is 34.9 Å². The average Bonchev–Trinajstić information content (AvgIpc) is 2.61. The highest BCUT2D eigenvalue weighted by Crippen LogP contribution is 2.13. The molecule has 1 atom stereocenters. The molecule has 0 bridgehead atoms. The van der Waals surface area contributed by atoms with Crippen LogP contribution in [-0.4, -0.2) is 40.8 Å². The van der Waals surface area contributed by atoms with Gasteiger partial charge in [0.1, 0.15) is 12.3 Å². The van der Waals surface area contributed by atoms with E-state index in [1.807, 2.05) is 0 Å². The number of carboxylic acid groups (broad SMARTS) is 1. The molecule has 0 aliphatic carbocycles. The van der Waals surface area contributed by atoms with Gasteiger partial charge in [0.05, 0.1) is 0 Å². The van der Waals surface area contributed by atoms with Gasteiger partial charge < -0.3 is 15.2 Å². The van der Waals surface area contributed by atoms with E-state index in [0.717, 1.165) is 25.7 Å². The molecule has 158 valence electrons. The number of amides is 1. The normalized spacial score (nSPS) is 13.0. The number of carbonyl (C=O) groups is 3. The lowest BCUT2D eigenvalue weighted by Gasteiger charge is -2.13. The molecule has 0 spiro atoms. The Labute approximate surface area is 173 Å². The predicted molar refractivity (Wildman–Crippen MR) is 118 cm³/mol. The summed E-state index contributed by atoms with van der Waals surface area (Å²) >= 11 is 1.47. The molecule has 0 aromatic heterocycles. The van der Waals surface area contributed by atoms with Crippen molar-refractivity contribution >= 4 is 29.9 Å². The Morgan fingerprint density at radius 3 is 2.11 bits per heavy atom. The quantitative estimate of drug-likeness (QED) is 0.233. The van der Waals surface area contributed by atoms with Crippen LogP contribution in [0.3, 0.4) is 0 Å². The van der Waals surface area contributed by atoms with Crippen LogP contribution in [0.25, 0.3) is 0 Å². The van der Waals surface area contributed by atoms with Gasteiger partial charge in [-0.05, 0) is 53.4 Å². The lowest BCUT2D eigenvalue weighted by molar-refractivity contribution is -0.141. The zero-order valence-electron chi connectivity index (χ0n) is 17.6. The third-order valence-electron chi connectivity index (χ3n) is 4.08. The third-order valence-corrected chi connectivity index (χ3v) is 5.05. The molecular weight excluding hydrogens is 374 g/mol. The largest absolute Gasteiger partial charge is 0.480 e. The fourth-order valence-electron chi connectivity index (χ4n) is 2.36. The minimum absolute atomic E-state index is 0.0260. The van der Waals surface area contributed by atoms with Crippen molar-refractivity contribution in [3.05, 3.63) is 34.9 Å². The lowest BCUT2D eigenvalue weighted by atomic mass is 10.1. The van der Waals surface area contributed by atoms with E-state index in [-0.39, 0.29) is 12.8 Å². The van der Waals surface area contributed by atoms with Gasteiger partial charge in [0.15, 0.2) is 0 Å². The maximum absolute atomic E-state index is 11.6.